The fourth-order valence-electron chi connectivity index (χ4n) is 1.98. The molecule has 0 saturated carbocycles. The van der Waals surface area contributed by atoms with Crippen LogP contribution in [0.25, 0.3) is 0 Å². The highest BCUT2D eigenvalue weighted by atomic mass is 35.5. The lowest BCUT2D eigenvalue weighted by molar-refractivity contribution is 0.591. The molecule has 1 unspecified atom stereocenters. The first kappa shape index (κ1) is 13.4. The number of nitrogens with two attached hydrogens (primary N) is 1. The highest BCUT2D eigenvalue weighted by molar-refractivity contribution is 7.92. The van der Waals surface area contributed by atoms with Crippen molar-refractivity contribution in [2.45, 2.75) is 25.0 Å². The molecule has 1 fully saturated rings. The van der Waals surface area contributed by atoms with Gasteiger partial charge < -0.3 is 11.1 Å². The van der Waals surface area contributed by atoms with E-state index >= 15 is 0 Å². The zero-order chi connectivity index (χ0) is 13.3. The molecule has 0 aromatic carbocycles. The molecule has 1 atom stereocenters. The molecule has 1 aromatic rings. The van der Waals surface area contributed by atoms with Gasteiger partial charge >= 0.3 is 0 Å². The van der Waals surface area contributed by atoms with Crippen LogP contribution in [0.5, 0.6) is 0 Å². The summed E-state index contributed by atoms with van der Waals surface area (Å²) in [5.41, 5.74) is 6.78. The number of rotatable bonds is 3. The Bertz CT molecular complexity index is 561. The average molecular weight is 291 g/mol. The smallest absolute Gasteiger partial charge is 0.224 e. The number of hydrogen-bond acceptors (Lipinski definition) is 6. The summed E-state index contributed by atoms with van der Waals surface area (Å²) in [4.78, 5) is 7.88. The van der Waals surface area contributed by atoms with Crippen molar-refractivity contribution in [2.24, 2.45) is 0 Å². The van der Waals surface area contributed by atoms with E-state index in [1.54, 1.807) is 6.92 Å². The second kappa shape index (κ2) is 4.89. The first-order chi connectivity index (χ1) is 8.40. The zero-order valence-electron chi connectivity index (χ0n) is 9.98. The SMILES string of the molecule is Cc1nc(Cl)nc(NCC2CCCS2(=O)=O)c1N. The maximum absolute atomic E-state index is 11.7. The van der Waals surface area contributed by atoms with Gasteiger partial charge in [-0.2, -0.15) is 4.98 Å². The quantitative estimate of drug-likeness (QED) is 0.806. The lowest BCUT2D eigenvalue weighted by atomic mass is 10.2. The largest absolute Gasteiger partial charge is 0.394 e. The summed E-state index contributed by atoms with van der Waals surface area (Å²) < 4.78 is 23.3. The monoisotopic (exact) mass is 290 g/mol. The molecule has 2 heterocycles. The van der Waals surface area contributed by atoms with Crippen molar-refractivity contribution < 1.29 is 8.42 Å². The molecule has 6 nitrogen and oxygen atoms in total. The minimum Gasteiger partial charge on any atom is -0.394 e. The number of halogens is 1. The molecule has 0 radical (unpaired) electrons. The molecular weight excluding hydrogens is 276 g/mol. The first-order valence-corrected chi connectivity index (χ1v) is 7.74. The third kappa shape index (κ3) is 2.67. The van der Waals surface area contributed by atoms with Gasteiger partial charge in [-0.3, -0.25) is 0 Å². The Morgan fingerprint density at radius 3 is 2.83 bits per heavy atom. The Labute approximate surface area is 111 Å². The summed E-state index contributed by atoms with van der Waals surface area (Å²) in [7, 11) is -2.97. The lowest BCUT2D eigenvalue weighted by Crippen LogP contribution is -2.25. The van der Waals surface area contributed by atoms with Crippen LogP contribution in [-0.2, 0) is 9.84 Å². The summed E-state index contributed by atoms with van der Waals surface area (Å²) in [6, 6.07) is 0. The number of sulfone groups is 1. The molecule has 18 heavy (non-hydrogen) atoms. The Balaban J connectivity index is 2.11. The van der Waals surface area contributed by atoms with Crippen LogP contribution >= 0.6 is 11.6 Å². The van der Waals surface area contributed by atoms with E-state index in [2.05, 4.69) is 15.3 Å². The Morgan fingerprint density at radius 1 is 1.50 bits per heavy atom. The molecule has 1 saturated heterocycles. The van der Waals surface area contributed by atoms with Crippen molar-refractivity contribution >= 4 is 32.9 Å². The summed E-state index contributed by atoms with van der Waals surface area (Å²) >= 11 is 5.74. The van der Waals surface area contributed by atoms with Crippen LogP contribution in [0.15, 0.2) is 0 Å². The Kier molecular flexibility index (Phi) is 3.63. The number of nitrogens with one attached hydrogen (secondary N) is 1. The van der Waals surface area contributed by atoms with Gasteiger partial charge in [-0.25, -0.2) is 13.4 Å². The lowest BCUT2D eigenvalue weighted by Gasteiger charge is -2.13. The predicted octanol–water partition coefficient (Wildman–Crippen LogP) is 1.01. The maximum atomic E-state index is 11.7. The molecular formula is C10H15ClN4O2S. The molecule has 1 aromatic heterocycles. The third-order valence-corrected chi connectivity index (χ3v) is 5.51. The molecule has 0 aliphatic carbocycles. The van der Waals surface area contributed by atoms with E-state index in [1.807, 2.05) is 0 Å². The van der Waals surface area contributed by atoms with E-state index < -0.39 is 9.84 Å². The van der Waals surface area contributed by atoms with Gasteiger partial charge in [0, 0.05) is 6.54 Å². The molecule has 2 rings (SSSR count). The van der Waals surface area contributed by atoms with Crippen molar-refractivity contribution in [3.63, 3.8) is 0 Å². The number of nitrogens with zero attached hydrogens (tertiary/aromatic N) is 2. The van der Waals surface area contributed by atoms with Gasteiger partial charge in [0.2, 0.25) is 5.28 Å². The van der Waals surface area contributed by atoms with Crippen molar-refractivity contribution in [3.8, 4) is 0 Å². The van der Waals surface area contributed by atoms with Crippen molar-refractivity contribution in [1.29, 1.82) is 0 Å². The van der Waals surface area contributed by atoms with Crippen LogP contribution in [0.3, 0.4) is 0 Å². The maximum Gasteiger partial charge on any atom is 0.224 e. The topological polar surface area (TPSA) is 98.0 Å². The summed E-state index contributed by atoms with van der Waals surface area (Å²) in [5, 5.41) is 2.68. The fourth-order valence-corrected chi connectivity index (χ4v) is 3.96. The van der Waals surface area contributed by atoms with Crippen molar-refractivity contribution in [2.75, 3.05) is 23.3 Å². The van der Waals surface area contributed by atoms with E-state index in [-0.39, 0.29) is 16.3 Å². The number of aromatic nitrogens is 2. The number of hydrogen-bond donors (Lipinski definition) is 2. The predicted molar refractivity (Wildman–Crippen MR) is 71.5 cm³/mol. The normalized spacial score (nSPS) is 22.0. The average Bonchev–Trinajstić information content (AvgIpc) is 2.61. The highest BCUT2D eigenvalue weighted by Crippen LogP contribution is 2.23. The van der Waals surface area contributed by atoms with Gasteiger partial charge in [-0.05, 0) is 31.4 Å². The van der Waals surface area contributed by atoms with Crippen LogP contribution in [0, 0.1) is 6.92 Å². The highest BCUT2D eigenvalue weighted by Gasteiger charge is 2.31. The molecule has 1 aliphatic heterocycles. The van der Waals surface area contributed by atoms with Gasteiger partial charge in [0.15, 0.2) is 15.7 Å². The van der Waals surface area contributed by atoms with Crippen LogP contribution in [0.2, 0.25) is 5.28 Å². The van der Waals surface area contributed by atoms with Crippen molar-refractivity contribution in [3.05, 3.63) is 11.0 Å². The molecule has 100 valence electrons. The second-order valence-corrected chi connectivity index (χ2v) is 7.09. The number of aryl methyl sites for hydroxylation is 1. The van der Waals surface area contributed by atoms with E-state index in [0.29, 0.717) is 36.6 Å². The number of anilines is 2. The van der Waals surface area contributed by atoms with Gasteiger partial charge in [0.05, 0.1) is 22.4 Å². The summed E-state index contributed by atoms with van der Waals surface area (Å²) in [5.74, 6) is 0.660. The Hall–Kier alpha value is -1.08. The minimum atomic E-state index is -2.97. The third-order valence-electron chi connectivity index (χ3n) is 3.07. The standard InChI is InChI=1S/C10H15ClN4O2S/c1-6-8(12)9(15-10(11)14-6)13-5-7-3-2-4-18(7,16)17/h7H,2-5,12H2,1H3,(H,13,14,15). The molecule has 3 N–H and O–H groups in total. The summed E-state index contributed by atoms with van der Waals surface area (Å²) in [6.07, 6.45) is 1.39. The molecule has 0 spiro atoms. The van der Waals surface area contributed by atoms with E-state index in [9.17, 15) is 8.42 Å². The first-order valence-electron chi connectivity index (χ1n) is 5.65. The fraction of sp³-hybridized carbons (Fsp3) is 0.600. The molecule has 8 heteroatoms. The Morgan fingerprint density at radius 2 is 2.22 bits per heavy atom. The van der Waals surface area contributed by atoms with E-state index in [1.165, 1.54) is 0 Å². The van der Waals surface area contributed by atoms with Crippen LogP contribution in [0.4, 0.5) is 11.5 Å². The molecule has 0 bridgehead atoms. The zero-order valence-corrected chi connectivity index (χ0v) is 11.6. The van der Waals surface area contributed by atoms with E-state index in [0.717, 1.165) is 0 Å². The molecule has 1 aliphatic rings. The minimum absolute atomic E-state index is 0.0958. The number of nitrogen functional groups attached to an aromatic ring is 1. The van der Waals surface area contributed by atoms with Gasteiger partial charge in [0.25, 0.3) is 0 Å². The van der Waals surface area contributed by atoms with E-state index in [4.69, 9.17) is 17.3 Å². The second-order valence-electron chi connectivity index (χ2n) is 4.35. The summed E-state index contributed by atoms with van der Waals surface area (Å²) in [6.45, 7) is 2.03. The van der Waals surface area contributed by atoms with Crippen molar-refractivity contribution in [1.82, 2.24) is 9.97 Å². The van der Waals surface area contributed by atoms with Gasteiger partial charge in [-0.15, -0.1) is 0 Å². The van der Waals surface area contributed by atoms with Gasteiger partial charge in [0.1, 0.15) is 0 Å². The van der Waals surface area contributed by atoms with Crippen LogP contribution < -0.4 is 11.1 Å². The molecule has 0 amide bonds. The van der Waals surface area contributed by atoms with Gasteiger partial charge in [-0.1, -0.05) is 0 Å². The van der Waals surface area contributed by atoms with Crippen LogP contribution in [-0.4, -0.2) is 35.9 Å². The van der Waals surface area contributed by atoms with Crippen LogP contribution in [0.1, 0.15) is 18.5 Å².